The van der Waals surface area contributed by atoms with Gasteiger partial charge in [0, 0.05) is 6.54 Å². The Morgan fingerprint density at radius 1 is 0.875 bits per heavy atom. The van der Waals surface area contributed by atoms with Crippen LogP contribution in [0.5, 0.6) is 11.5 Å². The van der Waals surface area contributed by atoms with E-state index in [0.29, 0.717) is 11.5 Å². The lowest BCUT2D eigenvalue weighted by atomic mass is 10.2. The molecule has 1 radical (unpaired) electrons. The van der Waals surface area contributed by atoms with Crippen molar-refractivity contribution < 1.29 is 9.13 Å². The van der Waals surface area contributed by atoms with Crippen LogP contribution in [0.2, 0.25) is 0 Å². The zero-order chi connectivity index (χ0) is 11.4. The SMILES string of the molecule is [NH]Cc1ccc(Oc2ccc(F)cc2)cc1. The molecule has 81 valence electrons. The molecule has 0 aliphatic rings. The van der Waals surface area contributed by atoms with Gasteiger partial charge >= 0.3 is 0 Å². The normalized spacial score (nSPS) is 10.1. The second-order valence-corrected chi connectivity index (χ2v) is 3.38. The van der Waals surface area contributed by atoms with E-state index in [4.69, 9.17) is 10.5 Å². The summed E-state index contributed by atoms with van der Waals surface area (Å²) in [4.78, 5) is 0. The molecule has 0 unspecified atom stereocenters. The van der Waals surface area contributed by atoms with E-state index in [-0.39, 0.29) is 12.4 Å². The lowest BCUT2D eigenvalue weighted by Crippen LogP contribution is -1.87. The molecule has 1 N–H and O–H groups in total. The minimum Gasteiger partial charge on any atom is -0.457 e. The molecule has 0 amide bonds. The maximum absolute atomic E-state index is 12.6. The molecule has 2 aromatic rings. The van der Waals surface area contributed by atoms with Gasteiger partial charge in [0.25, 0.3) is 0 Å². The maximum Gasteiger partial charge on any atom is 0.127 e. The van der Waals surface area contributed by atoms with Gasteiger partial charge < -0.3 is 4.74 Å². The number of rotatable bonds is 3. The largest absolute Gasteiger partial charge is 0.457 e. The topological polar surface area (TPSA) is 33.0 Å². The summed E-state index contributed by atoms with van der Waals surface area (Å²) in [5.41, 5.74) is 8.11. The van der Waals surface area contributed by atoms with E-state index in [1.54, 1.807) is 24.3 Å². The summed E-state index contributed by atoms with van der Waals surface area (Å²) >= 11 is 0. The zero-order valence-corrected chi connectivity index (χ0v) is 8.61. The number of hydrogen-bond acceptors (Lipinski definition) is 1. The van der Waals surface area contributed by atoms with Crippen LogP contribution in [0.1, 0.15) is 5.56 Å². The number of hydrogen-bond donors (Lipinski definition) is 0. The van der Waals surface area contributed by atoms with Gasteiger partial charge in [-0.05, 0) is 42.0 Å². The van der Waals surface area contributed by atoms with E-state index >= 15 is 0 Å². The van der Waals surface area contributed by atoms with Gasteiger partial charge in [0.1, 0.15) is 17.3 Å². The number of benzene rings is 2. The molecule has 2 rings (SSSR count). The van der Waals surface area contributed by atoms with E-state index in [0.717, 1.165) is 5.56 Å². The van der Waals surface area contributed by atoms with Crippen LogP contribution in [0.25, 0.3) is 0 Å². The van der Waals surface area contributed by atoms with Crippen molar-refractivity contribution in [1.82, 2.24) is 5.73 Å². The molecule has 0 aliphatic heterocycles. The highest BCUT2D eigenvalue weighted by Crippen LogP contribution is 2.21. The Kier molecular flexibility index (Phi) is 3.17. The van der Waals surface area contributed by atoms with Gasteiger partial charge in [-0.15, -0.1) is 0 Å². The maximum atomic E-state index is 12.6. The predicted molar refractivity (Wildman–Crippen MR) is 59.7 cm³/mol. The Bertz CT molecular complexity index is 450. The number of ether oxygens (including phenoxy) is 1. The Morgan fingerprint density at radius 3 is 1.88 bits per heavy atom. The first-order valence-electron chi connectivity index (χ1n) is 4.95. The molecule has 16 heavy (non-hydrogen) atoms. The van der Waals surface area contributed by atoms with Gasteiger partial charge in [0.15, 0.2) is 0 Å². The van der Waals surface area contributed by atoms with Crippen molar-refractivity contribution in [2.75, 3.05) is 0 Å². The van der Waals surface area contributed by atoms with Crippen molar-refractivity contribution in [3.8, 4) is 11.5 Å². The first kappa shape index (κ1) is 10.6. The van der Waals surface area contributed by atoms with Crippen molar-refractivity contribution in [3.05, 3.63) is 59.9 Å². The third kappa shape index (κ3) is 2.58. The van der Waals surface area contributed by atoms with Gasteiger partial charge in [-0.1, -0.05) is 12.1 Å². The molecule has 0 atom stereocenters. The molecule has 0 bridgehead atoms. The summed E-state index contributed by atoms with van der Waals surface area (Å²) < 4.78 is 18.2. The monoisotopic (exact) mass is 216 g/mol. The van der Waals surface area contributed by atoms with Gasteiger partial charge in [-0.3, -0.25) is 5.73 Å². The molecule has 0 saturated carbocycles. The van der Waals surface area contributed by atoms with E-state index < -0.39 is 0 Å². The van der Waals surface area contributed by atoms with Crippen LogP contribution in [-0.2, 0) is 6.54 Å². The lowest BCUT2D eigenvalue weighted by molar-refractivity contribution is 0.480. The molecular formula is C13H11FNO. The van der Waals surface area contributed by atoms with Crippen LogP contribution in [-0.4, -0.2) is 0 Å². The highest BCUT2D eigenvalue weighted by Gasteiger charge is 1.97. The van der Waals surface area contributed by atoms with E-state index in [2.05, 4.69) is 0 Å². The van der Waals surface area contributed by atoms with Crippen molar-refractivity contribution in [1.29, 1.82) is 0 Å². The quantitative estimate of drug-likeness (QED) is 0.773. The molecular weight excluding hydrogens is 205 g/mol. The van der Waals surface area contributed by atoms with Crippen molar-refractivity contribution in [3.63, 3.8) is 0 Å². The first-order chi connectivity index (χ1) is 7.78. The summed E-state index contributed by atoms with van der Waals surface area (Å²) in [7, 11) is 0. The molecule has 0 aliphatic carbocycles. The molecule has 0 fully saturated rings. The first-order valence-corrected chi connectivity index (χ1v) is 4.95. The van der Waals surface area contributed by atoms with Crippen LogP contribution < -0.4 is 10.5 Å². The number of nitrogens with one attached hydrogen (secondary N) is 1. The van der Waals surface area contributed by atoms with Crippen LogP contribution in [0.3, 0.4) is 0 Å². The van der Waals surface area contributed by atoms with E-state index in [1.165, 1.54) is 12.1 Å². The Balaban J connectivity index is 2.11. The van der Waals surface area contributed by atoms with Gasteiger partial charge in [0.2, 0.25) is 0 Å². The van der Waals surface area contributed by atoms with Crippen LogP contribution in [0.15, 0.2) is 48.5 Å². The van der Waals surface area contributed by atoms with Crippen molar-refractivity contribution >= 4 is 0 Å². The predicted octanol–water partition coefficient (Wildman–Crippen LogP) is 3.40. The standard InChI is InChI=1S/C13H11FNO/c14-11-3-7-13(8-4-11)16-12-5-1-10(9-15)2-6-12/h1-8,15H,9H2. The minimum atomic E-state index is -0.281. The molecule has 0 heterocycles. The second-order valence-electron chi connectivity index (χ2n) is 3.38. The summed E-state index contributed by atoms with van der Waals surface area (Å²) in [6.45, 7) is 0.261. The smallest absolute Gasteiger partial charge is 0.127 e. The molecule has 0 aromatic heterocycles. The summed E-state index contributed by atoms with van der Waals surface area (Å²) in [6.07, 6.45) is 0. The zero-order valence-electron chi connectivity index (χ0n) is 8.61. The molecule has 2 aromatic carbocycles. The highest BCUT2D eigenvalue weighted by molar-refractivity contribution is 5.33. The van der Waals surface area contributed by atoms with Gasteiger partial charge in [-0.2, -0.15) is 0 Å². The number of halogens is 1. The molecule has 0 spiro atoms. The van der Waals surface area contributed by atoms with E-state index in [1.807, 2.05) is 12.1 Å². The van der Waals surface area contributed by atoms with Crippen molar-refractivity contribution in [2.45, 2.75) is 6.54 Å². The fourth-order valence-corrected chi connectivity index (χ4v) is 1.31. The average molecular weight is 216 g/mol. The van der Waals surface area contributed by atoms with Crippen LogP contribution in [0.4, 0.5) is 4.39 Å². The van der Waals surface area contributed by atoms with Crippen LogP contribution >= 0.6 is 0 Å². The highest BCUT2D eigenvalue weighted by atomic mass is 19.1. The molecule has 2 nitrogen and oxygen atoms in total. The van der Waals surface area contributed by atoms with Gasteiger partial charge in [-0.25, -0.2) is 4.39 Å². The Morgan fingerprint density at radius 2 is 1.38 bits per heavy atom. The van der Waals surface area contributed by atoms with Crippen molar-refractivity contribution in [2.24, 2.45) is 0 Å². The van der Waals surface area contributed by atoms with Crippen LogP contribution in [0, 0.1) is 5.82 Å². The lowest BCUT2D eigenvalue weighted by Gasteiger charge is -2.05. The fourth-order valence-electron chi connectivity index (χ4n) is 1.31. The summed E-state index contributed by atoms with van der Waals surface area (Å²) in [5, 5.41) is 0. The third-order valence-corrected chi connectivity index (χ3v) is 2.18. The Labute approximate surface area is 93.5 Å². The molecule has 3 heteroatoms. The van der Waals surface area contributed by atoms with E-state index in [9.17, 15) is 4.39 Å². The summed E-state index contributed by atoms with van der Waals surface area (Å²) in [6, 6.07) is 13.1. The molecule has 0 saturated heterocycles. The minimum absolute atomic E-state index is 0.261. The Hall–Kier alpha value is -1.87. The summed E-state index contributed by atoms with van der Waals surface area (Å²) in [5.74, 6) is 1.00. The fraction of sp³-hybridized carbons (Fsp3) is 0.0769. The van der Waals surface area contributed by atoms with Gasteiger partial charge in [0.05, 0.1) is 0 Å². The average Bonchev–Trinajstić information content (AvgIpc) is 2.33. The third-order valence-electron chi connectivity index (χ3n) is 2.18. The second kappa shape index (κ2) is 4.77.